The van der Waals surface area contributed by atoms with Gasteiger partial charge in [-0.25, -0.2) is 0 Å². The number of amides is 7. The molecule has 2 rings (SSSR count). The van der Waals surface area contributed by atoms with Gasteiger partial charge in [0.15, 0.2) is 12.2 Å². The molecule has 0 aromatic heterocycles. The van der Waals surface area contributed by atoms with Crippen LogP contribution in [0.1, 0.15) is 84.5 Å². The number of hydrogen-bond donors (Lipinski definition) is 7. The summed E-state index contributed by atoms with van der Waals surface area (Å²) in [7, 11) is 6.16. The summed E-state index contributed by atoms with van der Waals surface area (Å²) in [6, 6.07) is 12.6. The van der Waals surface area contributed by atoms with Gasteiger partial charge in [-0.15, -0.1) is 0 Å². The molecule has 2 unspecified atom stereocenters. The Bertz CT molecular complexity index is 1960. The number of halogens is 3. The number of carbonyl (C=O) groups is 7. The quantitative estimate of drug-likeness (QED) is 0.0723. The summed E-state index contributed by atoms with van der Waals surface area (Å²) in [6.45, 7) is 10.9. The van der Waals surface area contributed by atoms with Crippen LogP contribution >= 0.6 is 0 Å². The van der Waals surface area contributed by atoms with Crippen LogP contribution in [-0.4, -0.2) is 145 Å². The molecule has 19 nitrogen and oxygen atoms in total. The van der Waals surface area contributed by atoms with Crippen molar-refractivity contribution in [2.24, 2.45) is 16.8 Å². The number of benzene rings is 2. The number of likely N-dealkylation sites (N-methyl/N-ethyl adjacent to an activating group) is 2. The number of hydrogen-bond acceptors (Lipinski definition) is 12. The topological polar surface area (TPSA) is 271 Å². The van der Waals surface area contributed by atoms with Crippen molar-refractivity contribution in [2.75, 3.05) is 41.3 Å². The molecule has 0 saturated carbocycles. The van der Waals surface area contributed by atoms with E-state index in [0.29, 0.717) is 11.1 Å². The minimum absolute atomic E-state index is 0.0330. The second-order valence-electron chi connectivity index (χ2n) is 17.6. The van der Waals surface area contributed by atoms with Crippen LogP contribution < -0.4 is 31.7 Å². The third-order valence-corrected chi connectivity index (χ3v) is 9.06. The normalized spacial score (nSPS) is 14.4. The Balaban J connectivity index is 0.000000670. The lowest BCUT2D eigenvalue weighted by molar-refractivity contribution is -0.261. The minimum atomic E-state index is -5.18. The van der Waals surface area contributed by atoms with Crippen molar-refractivity contribution in [3.8, 4) is 0 Å². The number of aliphatic hydroxyl groups is 2. The van der Waals surface area contributed by atoms with Crippen LogP contribution in [0.4, 0.5) is 13.2 Å². The number of nitrogens with zero attached hydrogens (tertiary/aromatic N) is 3. The van der Waals surface area contributed by atoms with Gasteiger partial charge in [0, 0.05) is 33.8 Å². The maximum atomic E-state index is 12.6. The van der Waals surface area contributed by atoms with Gasteiger partial charge < -0.3 is 56.4 Å². The van der Waals surface area contributed by atoms with Crippen LogP contribution in [0, 0.1) is 11.8 Å². The molecule has 374 valence electrons. The van der Waals surface area contributed by atoms with Gasteiger partial charge in [0.1, 0.15) is 18.2 Å². The number of aliphatic hydroxyl groups excluding tert-OH is 2. The number of aliphatic imine (C=N–C) groups is 1. The molecule has 0 fully saturated rings. The molecular formula is C45H66F3N8O11-. The Morgan fingerprint density at radius 3 is 1.39 bits per heavy atom. The molecule has 22 heteroatoms. The van der Waals surface area contributed by atoms with Gasteiger partial charge in [0.2, 0.25) is 23.6 Å². The predicted octanol–water partition coefficient (Wildman–Crippen LogP) is 0.858. The smallest absolute Gasteiger partial charge is 0.471 e. The molecule has 6 atom stereocenters. The maximum Gasteiger partial charge on any atom is 0.471 e. The lowest BCUT2D eigenvalue weighted by atomic mass is 9.98. The first-order valence-electron chi connectivity index (χ1n) is 21.3. The van der Waals surface area contributed by atoms with E-state index in [9.17, 15) is 62.1 Å². The summed E-state index contributed by atoms with van der Waals surface area (Å²) in [4.78, 5) is 92.3. The van der Waals surface area contributed by atoms with Crippen LogP contribution in [0.5, 0.6) is 0 Å². The first-order valence-corrected chi connectivity index (χ1v) is 21.3. The Kier molecular flexibility index (Phi) is 24.0. The third kappa shape index (κ3) is 22.2. The zero-order valence-corrected chi connectivity index (χ0v) is 39.8. The highest BCUT2D eigenvalue weighted by Crippen LogP contribution is 2.19. The molecule has 0 aliphatic rings. The van der Waals surface area contributed by atoms with Gasteiger partial charge in [-0.05, 0) is 35.8 Å². The highest BCUT2D eigenvalue weighted by Gasteiger charge is 2.42. The zero-order chi connectivity index (χ0) is 51.4. The number of carbonyl (C=O) groups excluding carboxylic acids is 7. The van der Waals surface area contributed by atoms with E-state index in [1.165, 1.54) is 23.9 Å². The van der Waals surface area contributed by atoms with E-state index in [2.05, 4.69) is 26.3 Å². The molecule has 0 heterocycles. The molecule has 2 aromatic carbocycles. The first kappa shape index (κ1) is 58.7. The number of alkyl halides is 3. The van der Waals surface area contributed by atoms with Crippen molar-refractivity contribution in [1.82, 2.24) is 36.4 Å². The molecule has 0 bridgehead atoms. The van der Waals surface area contributed by atoms with E-state index in [1.54, 1.807) is 115 Å². The SMILES string of the molecule is CC(C)C[C@H](N=C([O-])OC(C)(C)C)C(O)C(=O)NCC(=O)N[C@H](C(=O)N(C)C)c1ccccc1.CC(C)C[C@H](NC(=O)C(F)(F)F)C(O)C(=O)NCC(=O)N[C@H](C(=O)N(C)C)c1ccccc1. The summed E-state index contributed by atoms with van der Waals surface area (Å²) < 4.78 is 42.9. The van der Waals surface area contributed by atoms with Crippen LogP contribution in [0.25, 0.3) is 0 Å². The molecule has 0 radical (unpaired) electrons. The second kappa shape index (κ2) is 27.4. The largest absolute Gasteiger partial charge is 0.595 e. The van der Waals surface area contributed by atoms with Crippen molar-refractivity contribution in [1.29, 1.82) is 0 Å². The molecule has 67 heavy (non-hydrogen) atoms. The number of ether oxygens (including phenoxy) is 1. The van der Waals surface area contributed by atoms with E-state index >= 15 is 0 Å². The van der Waals surface area contributed by atoms with Gasteiger partial charge >= 0.3 is 12.1 Å². The predicted molar refractivity (Wildman–Crippen MR) is 239 cm³/mol. The molecule has 7 amide bonds. The molecule has 2 aromatic rings. The highest BCUT2D eigenvalue weighted by atomic mass is 19.4. The third-order valence-electron chi connectivity index (χ3n) is 9.06. The monoisotopic (exact) mass is 951 g/mol. The average molecular weight is 952 g/mol. The summed E-state index contributed by atoms with van der Waals surface area (Å²) in [6.07, 6.45) is -9.60. The van der Waals surface area contributed by atoms with E-state index in [1.807, 2.05) is 13.8 Å². The summed E-state index contributed by atoms with van der Waals surface area (Å²) in [5.74, 6) is -6.65. The second-order valence-corrected chi connectivity index (χ2v) is 17.6. The average Bonchev–Trinajstić information content (AvgIpc) is 3.23. The number of rotatable bonds is 20. The van der Waals surface area contributed by atoms with Crippen LogP contribution in [0.2, 0.25) is 0 Å². The molecule has 0 spiro atoms. The fourth-order valence-electron chi connectivity index (χ4n) is 5.89. The van der Waals surface area contributed by atoms with Crippen molar-refractivity contribution >= 4 is 47.4 Å². The van der Waals surface area contributed by atoms with Crippen molar-refractivity contribution in [3.05, 3.63) is 71.8 Å². The van der Waals surface area contributed by atoms with Gasteiger partial charge in [0.05, 0.1) is 25.2 Å². The molecule has 0 aliphatic carbocycles. The van der Waals surface area contributed by atoms with Crippen molar-refractivity contribution in [3.63, 3.8) is 0 Å². The van der Waals surface area contributed by atoms with Gasteiger partial charge in [-0.1, -0.05) is 109 Å². The maximum absolute atomic E-state index is 12.6. The van der Waals surface area contributed by atoms with Gasteiger partial charge in [-0.2, -0.15) is 13.2 Å². The Labute approximate surface area is 389 Å². The summed E-state index contributed by atoms with van der Waals surface area (Å²) >= 11 is 0. The Morgan fingerprint density at radius 1 is 0.657 bits per heavy atom. The molecule has 0 saturated heterocycles. The van der Waals surface area contributed by atoms with Crippen LogP contribution in [0.15, 0.2) is 65.7 Å². The lowest BCUT2D eigenvalue weighted by Crippen LogP contribution is -2.54. The summed E-state index contributed by atoms with van der Waals surface area (Å²) in [5, 5.41) is 43.9. The Morgan fingerprint density at radius 2 is 1.04 bits per heavy atom. The van der Waals surface area contributed by atoms with E-state index in [-0.39, 0.29) is 30.6 Å². The first-order chi connectivity index (χ1) is 30.9. The lowest BCUT2D eigenvalue weighted by Gasteiger charge is -2.31. The Hall–Kier alpha value is -6.29. The standard InChI is InChI=1S/C24H38N4O6.C21H29F3N4O5/c1-15(2)13-17(26-23(33)34-24(3,4)5)20(30)21(31)25-14-18(29)27-19(22(32)28(6)7)16-11-9-8-10-12-16;1-12(2)10-14(26-20(33)21(22,23)24)17(30)18(31)25-11-15(29)27-16(19(32)28(3)4)13-8-6-5-7-9-13/h8-12,15,17,19-20,30H,13-14H2,1-7H3,(H,25,31)(H,26,33)(H,27,29);5-9,12,14,16-17,30H,10-11H2,1-4H3,(H,25,31)(H,26,33)(H,27,29)/p-1/t17-,19-,20?;14-,16-,17?/m00/s1. The van der Waals surface area contributed by atoms with E-state index in [4.69, 9.17) is 4.74 Å². The molecule has 0 aliphatic heterocycles. The molecular weight excluding hydrogens is 886 g/mol. The number of nitrogens with one attached hydrogen (secondary N) is 5. The van der Waals surface area contributed by atoms with Gasteiger partial charge in [0.25, 0.3) is 11.8 Å². The van der Waals surface area contributed by atoms with E-state index in [0.717, 1.165) is 0 Å². The fourth-order valence-corrected chi connectivity index (χ4v) is 5.89. The highest BCUT2D eigenvalue weighted by molar-refractivity contribution is 5.93. The molecule has 7 N–H and O–H groups in total. The van der Waals surface area contributed by atoms with Crippen LogP contribution in [0.3, 0.4) is 0 Å². The fraction of sp³-hybridized carbons (Fsp3) is 0.556. The zero-order valence-electron chi connectivity index (χ0n) is 39.8. The summed E-state index contributed by atoms with van der Waals surface area (Å²) in [5.41, 5.74) is 0.324. The van der Waals surface area contributed by atoms with E-state index < -0.39 is 103 Å². The van der Waals surface area contributed by atoms with Crippen LogP contribution in [-0.2, 0) is 38.3 Å². The van der Waals surface area contributed by atoms with Crippen molar-refractivity contribution in [2.45, 2.75) is 109 Å². The van der Waals surface area contributed by atoms with Gasteiger partial charge in [-0.3, -0.25) is 38.6 Å². The minimum Gasteiger partial charge on any atom is -0.595 e. The van der Waals surface area contributed by atoms with Crippen molar-refractivity contribution < 1.29 is 66.8 Å².